The van der Waals surface area contributed by atoms with Gasteiger partial charge in [0, 0.05) is 33.0 Å². The van der Waals surface area contributed by atoms with Crippen molar-refractivity contribution in [1.82, 2.24) is 9.97 Å². The van der Waals surface area contributed by atoms with E-state index < -0.39 is 0 Å². The third-order valence-corrected chi connectivity index (χ3v) is 8.36. The molecule has 6 rings (SSSR count). The minimum Gasteiger partial charge on any atom is -0.494 e. The van der Waals surface area contributed by atoms with Crippen LogP contribution in [0.1, 0.15) is 34.6 Å². The molecular weight excluding hydrogens is 633 g/mol. The molecule has 0 unspecified atom stereocenters. The summed E-state index contributed by atoms with van der Waals surface area (Å²) in [6.07, 6.45) is 0. The minimum atomic E-state index is -0.272. The summed E-state index contributed by atoms with van der Waals surface area (Å²) in [6.45, 7) is 5.10. The van der Waals surface area contributed by atoms with E-state index >= 15 is 0 Å². The second-order valence-electron chi connectivity index (χ2n) is 10.0. The first-order valence-electron chi connectivity index (χ1n) is 14.9. The van der Waals surface area contributed by atoms with Crippen LogP contribution in [0.15, 0.2) is 108 Å². The van der Waals surface area contributed by atoms with Gasteiger partial charge < -0.3 is 14.2 Å². The van der Waals surface area contributed by atoms with E-state index in [0.29, 0.717) is 46.1 Å². The minimum absolute atomic E-state index is 0.272. The summed E-state index contributed by atoms with van der Waals surface area (Å²) in [4.78, 5) is 34.8. The van der Waals surface area contributed by atoms with Crippen molar-refractivity contribution in [3.8, 4) is 45.5 Å². The van der Waals surface area contributed by atoms with E-state index in [0.717, 1.165) is 34.0 Å². The van der Waals surface area contributed by atoms with Gasteiger partial charge in [0.1, 0.15) is 23.0 Å². The van der Waals surface area contributed by atoms with Crippen molar-refractivity contribution in [3.63, 3.8) is 0 Å². The quantitative estimate of drug-likeness (QED) is 0.135. The third kappa shape index (κ3) is 8.01. The van der Waals surface area contributed by atoms with Crippen molar-refractivity contribution in [2.45, 2.75) is 13.8 Å². The average Bonchev–Trinajstić information content (AvgIpc) is 3.76. The molecule has 2 aromatic heterocycles. The Morgan fingerprint density at radius 1 is 0.553 bits per heavy atom. The Labute approximate surface area is 279 Å². The van der Waals surface area contributed by atoms with E-state index in [1.807, 2.05) is 73.1 Å². The van der Waals surface area contributed by atoms with Gasteiger partial charge in [-0.25, -0.2) is 9.97 Å². The zero-order valence-electron chi connectivity index (χ0n) is 25.6. The lowest BCUT2D eigenvalue weighted by atomic mass is 10.2. The highest BCUT2D eigenvalue weighted by Gasteiger charge is 2.13. The number of rotatable bonds is 12. The van der Waals surface area contributed by atoms with E-state index in [1.54, 1.807) is 48.5 Å². The molecule has 0 aliphatic heterocycles. The van der Waals surface area contributed by atoms with Crippen molar-refractivity contribution in [1.29, 1.82) is 0 Å². The predicted octanol–water partition coefficient (Wildman–Crippen LogP) is 9.03. The topological polar surface area (TPSA) is 112 Å². The Morgan fingerprint density at radius 2 is 0.915 bits per heavy atom. The molecule has 2 amide bonds. The lowest BCUT2D eigenvalue weighted by Gasteiger charge is -2.08. The molecule has 0 saturated heterocycles. The molecule has 4 aromatic carbocycles. The monoisotopic (exact) mass is 662 g/mol. The summed E-state index contributed by atoms with van der Waals surface area (Å²) >= 11 is 2.72. The number of hydrogen-bond acceptors (Lipinski definition) is 9. The lowest BCUT2D eigenvalue weighted by molar-refractivity contribution is 0.101. The number of carbonyl (C=O) groups excluding carboxylic acids is 2. The smallest absolute Gasteiger partial charge is 0.257 e. The van der Waals surface area contributed by atoms with Crippen molar-refractivity contribution < 1.29 is 23.8 Å². The van der Waals surface area contributed by atoms with Crippen LogP contribution in [0.4, 0.5) is 10.3 Å². The van der Waals surface area contributed by atoms with Gasteiger partial charge in [0.15, 0.2) is 10.3 Å². The lowest BCUT2D eigenvalue weighted by Crippen LogP contribution is -2.11. The van der Waals surface area contributed by atoms with Crippen LogP contribution in [0.5, 0.6) is 23.0 Å². The van der Waals surface area contributed by atoms with Crippen molar-refractivity contribution >= 4 is 44.8 Å². The van der Waals surface area contributed by atoms with Gasteiger partial charge in [-0.3, -0.25) is 20.2 Å². The average molecular weight is 663 g/mol. The number of benzene rings is 4. The molecule has 2 heterocycles. The number of anilines is 2. The van der Waals surface area contributed by atoms with Crippen LogP contribution in [0, 0.1) is 0 Å². The summed E-state index contributed by atoms with van der Waals surface area (Å²) in [5.74, 6) is 2.16. The molecule has 0 bridgehead atoms. The van der Waals surface area contributed by atoms with E-state index in [-0.39, 0.29) is 11.8 Å². The molecular formula is C36H30N4O5S2. The fraction of sp³-hybridized carbons (Fsp3) is 0.111. The molecule has 47 heavy (non-hydrogen) atoms. The first kappa shape index (κ1) is 31.5. The fourth-order valence-corrected chi connectivity index (χ4v) is 5.96. The van der Waals surface area contributed by atoms with Crippen LogP contribution in [0.25, 0.3) is 22.5 Å². The van der Waals surface area contributed by atoms with E-state index in [2.05, 4.69) is 20.6 Å². The summed E-state index contributed by atoms with van der Waals surface area (Å²) in [5.41, 5.74) is 4.37. The number of hydrogen-bond donors (Lipinski definition) is 2. The molecule has 11 heteroatoms. The molecule has 0 atom stereocenters. The van der Waals surface area contributed by atoms with Crippen molar-refractivity contribution in [2.75, 3.05) is 23.8 Å². The molecule has 2 N–H and O–H groups in total. The summed E-state index contributed by atoms with van der Waals surface area (Å²) in [6, 6.07) is 29.0. The Hall–Kier alpha value is -5.52. The number of aromatic nitrogens is 2. The Morgan fingerprint density at radius 3 is 1.28 bits per heavy atom. The zero-order chi connectivity index (χ0) is 32.6. The van der Waals surface area contributed by atoms with Gasteiger partial charge in [0.25, 0.3) is 11.8 Å². The van der Waals surface area contributed by atoms with Crippen LogP contribution in [0.3, 0.4) is 0 Å². The molecule has 236 valence electrons. The van der Waals surface area contributed by atoms with Gasteiger partial charge in [0.05, 0.1) is 24.6 Å². The van der Waals surface area contributed by atoms with Gasteiger partial charge >= 0.3 is 0 Å². The standard InChI is InChI=1S/C36H30N4O5S2/c1-3-43-27-13-5-23(6-14-27)31-21-46-35(37-31)39-33(41)25-9-17-29(18-10-25)45-30-19-11-26(12-20-30)34(42)40-36-38-32(22-47-36)24-7-15-28(16-8-24)44-4-2/h5-22H,3-4H2,1-2H3,(H,37,39,41)(H,38,40,42). The summed E-state index contributed by atoms with van der Waals surface area (Å²) < 4.78 is 16.9. The maximum absolute atomic E-state index is 12.8. The second kappa shape index (κ2) is 14.7. The maximum atomic E-state index is 12.8. The normalized spacial score (nSPS) is 10.7. The number of nitrogens with one attached hydrogen (secondary N) is 2. The van der Waals surface area contributed by atoms with Crippen LogP contribution in [0.2, 0.25) is 0 Å². The number of amides is 2. The largest absolute Gasteiger partial charge is 0.494 e. The fourth-order valence-electron chi connectivity index (χ4n) is 4.53. The molecule has 0 radical (unpaired) electrons. The van der Waals surface area contributed by atoms with Gasteiger partial charge in [-0.15, -0.1) is 22.7 Å². The third-order valence-electron chi connectivity index (χ3n) is 6.84. The van der Waals surface area contributed by atoms with Crippen LogP contribution < -0.4 is 24.8 Å². The summed E-state index contributed by atoms with van der Waals surface area (Å²) in [7, 11) is 0. The molecule has 6 aromatic rings. The second-order valence-corrected chi connectivity index (χ2v) is 11.8. The van der Waals surface area contributed by atoms with Gasteiger partial charge in [-0.1, -0.05) is 0 Å². The van der Waals surface area contributed by atoms with Crippen LogP contribution in [-0.2, 0) is 0 Å². The summed E-state index contributed by atoms with van der Waals surface area (Å²) in [5, 5.41) is 10.5. The molecule has 0 saturated carbocycles. The van der Waals surface area contributed by atoms with Gasteiger partial charge in [-0.2, -0.15) is 0 Å². The van der Waals surface area contributed by atoms with Gasteiger partial charge in [0.2, 0.25) is 0 Å². The number of thiazole rings is 2. The first-order chi connectivity index (χ1) is 23.0. The van der Waals surface area contributed by atoms with Crippen LogP contribution >= 0.6 is 22.7 Å². The molecule has 9 nitrogen and oxygen atoms in total. The van der Waals surface area contributed by atoms with E-state index in [4.69, 9.17) is 14.2 Å². The highest BCUT2D eigenvalue weighted by Crippen LogP contribution is 2.29. The maximum Gasteiger partial charge on any atom is 0.257 e. The Kier molecular flexibility index (Phi) is 9.85. The molecule has 0 aliphatic rings. The van der Waals surface area contributed by atoms with E-state index in [9.17, 15) is 9.59 Å². The first-order valence-corrected chi connectivity index (χ1v) is 16.6. The predicted molar refractivity (Wildman–Crippen MR) is 186 cm³/mol. The van der Waals surface area contributed by atoms with Crippen molar-refractivity contribution in [3.05, 3.63) is 119 Å². The highest BCUT2D eigenvalue weighted by atomic mass is 32.1. The Bertz CT molecular complexity index is 1810. The number of ether oxygens (including phenoxy) is 3. The SMILES string of the molecule is CCOc1ccc(-c2csc(NC(=O)c3ccc(Oc4ccc(C(=O)Nc5nc(-c6ccc(OCC)cc6)cs5)cc4)cc3)n2)cc1. The molecule has 0 spiro atoms. The Balaban J connectivity index is 1.00. The van der Waals surface area contributed by atoms with E-state index in [1.165, 1.54) is 22.7 Å². The van der Waals surface area contributed by atoms with Crippen molar-refractivity contribution in [2.24, 2.45) is 0 Å². The number of carbonyl (C=O) groups is 2. The highest BCUT2D eigenvalue weighted by molar-refractivity contribution is 7.14. The zero-order valence-corrected chi connectivity index (χ0v) is 27.2. The van der Waals surface area contributed by atoms with Gasteiger partial charge in [-0.05, 0) is 111 Å². The molecule has 0 fully saturated rings. The van der Waals surface area contributed by atoms with Crippen LogP contribution in [-0.4, -0.2) is 35.0 Å². The number of nitrogens with zero attached hydrogens (tertiary/aromatic N) is 2. The molecule has 0 aliphatic carbocycles.